The zero-order valence-electron chi connectivity index (χ0n) is 6.25. The van der Waals surface area contributed by atoms with Crippen LogP contribution in [0.5, 0.6) is 0 Å². The molecule has 60 valence electrons. The Kier molecular flexibility index (Phi) is 3.12. The van der Waals surface area contributed by atoms with Gasteiger partial charge in [-0.15, -0.1) is 0 Å². The summed E-state index contributed by atoms with van der Waals surface area (Å²) in [5.74, 6) is 0.641. The molecule has 0 spiro atoms. The summed E-state index contributed by atoms with van der Waals surface area (Å²) >= 11 is 0. The second-order valence-corrected chi connectivity index (χ2v) is 2.85. The third kappa shape index (κ3) is 1.94. The van der Waals surface area contributed by atoms with Gasteiger partial charge in [-0.25, -0.2) is 0 Å². The molecule has 0 aromatic heterocycles. The summed E-state index contributed by atoms with van der Waals surface area (Å²) in [7, 11) is 0. The molecule has 1 rings (SSSR count). The Morgan fingerprint density at radius 2 is 2.10 bits per heavy atom. The second kappa shape index (κ2) is 3.91. The predicted octanol–water partition coefficient (Wildman–Crippen LogP) is -0.301. The summed E-state index contributed by atoms with van der Waals surface area (Å²) in [6, 6.07) is 0. The van der Waals surface area contributed by atoms with Gasteiger partial charge in [-0.05, 0) is 25.3 Å². The minimum Gasteiger partial charge on any atom is -0.377 e. The number of ether oxygens (including phenoxy) is 1. The Morgan fingerprint density at radius 1 is 1.30 bits per heavy atom. The molecular formula is C7H16N2O. The highest BCUT2D eigenvalue weighted by molar-refractivity contribution is 4.72. The van der Waals surface area contributed by atoms with E-state index in [-0.39, 0.29) is 6.10 Å². The first-order chi connectivity index (χ1) is 4.86. The molecule has 3 heteroatoms. The maximum absolute atomic E-state index is 5.52. The van der Waals surface area contributed by atoms with E-state index in [2.05, 4.69) is 0 Å². The molecule has 0 aliphatic carbocycles. The van der Waals surface area contributed by atoms with E-state index in [9.17, 15) is 0 Å². The lowest BCUT2D eigenvalue weighted by Gasteiger charge is -2.27. The molecule has 1 heterocycles. The second-order valence-electron chi connectivity index (χ2n) is 2.85. The van der Waals surface area contributed by atoms with Crippen molar-refractivity contribution in [3.63, 3.8) is 0 Å². The van der Waals surface area contributed by atoms with Crippen molar-refractivity contribution in [3.05, 3.63) is 0 Å². The smallest absolute Gasteiger partial charge is 0.0700 e. The van der Waals surface area contributed by atoms with Crippen LogP contribution in [-0.4, -0.2) is 25.8 Å². The molecule has 1 aliphatic rings. The molecule has 1 fully saturated rings. The largest absolute Gasteiger partial charge is 0.377 e. The van der Waals surface area contributed by atoms with Crippen LogP contribution >= 0.6 is 0 Å². The third-order valence-corrected chi connectivity index (χ3v) is 2.07. The molecule has 0 aromatic rings. The molecule has 0 saturated carbocycles. The number of hydrogen-bond acceptors (Lipinski definition) is 3. The van der Waals surface area contributed by atoms with Crippen LogP contribution in [0.2, 0.25) is 0 Å². The van der Waals surface area contributed by atoms with Gasteiger partial charge in [0, 0.05) is 13.2 Å². The fraction of sp³-hybridized carbons (Fsp3) is 1.00. The number of hydrogen-bond donors (Lipinski definition) is 2. The van der Waals surface area contributed by atoms with E-state index in [1.54, 1.807) is 0 Å². The molecule has 1 saturated heterocycles. The summed E-state index contributed by atoms with van der Waals surface area (Å²) < 4.78 is 5.38. The van der Waals surface area contributed by atoms with Crippen molar-refractivity contribution in [2.24, 2.45) is 17.4 Å². The molecule has 0 aromatic carbocycles. The highest BCUT2D eigenvalue weighted by atomic mass is 16.5. The zero-order chi connectivity index (χ0) is 7.40. The fourth-order valence-electron chi connectivity index (χ4n) is 1.34. The Labute approximate surface area is 61.7 Å². The van der Waals surface area contributed by atoms with E-state index in [0.29, 0.717) is 12.5 Å². The first kappa shape index (κ1) is 7.98. The van der Waals surface area contributed by atoms with Crippen LogP contribution in [0, 0.1) is 5.92 Å². The van der Waals surface area contributed by atoms with Crippen LogP contribution in [0.15, 0.2) is 0 Å². The van der Waals surface area contributed by atoms with Gasteiger partial charge < -0.3 is 16.2 Å². The van der Waals surface area contributed by atoms with Gasteiger partial charge in [0.05, 0.1) is 6.10 Å². The highest BCUT2D eigenvalue weighted by Gasteiger charge is 2.19. The maximum atomic E-state index is 5.52. The van der Waals surface area contributed by atoms with E-state index < -0.39 is 0 Å². The van der Waals surface area contributed by atoms with Gasteiger partial charge in [-0.1, -0.05) is 0 Å². The first-order valence-corrected chi connectivity index (χ1v) is 3.88. The third-order valence-electron chi connectivity index (χ3n) is 2.07. The van der Waals surface area contributed by atoms with E-state index >= 15 is 0 Å². The van der Waals surface area contributed by atoms with Crippen LogP contribution in [0.1, 0.15) is 12.8 Å². The number of nitrogens with two attached hydrogens (primary N) is 2. The molecule has 10 heavy (non-hydrogen) atoms. The molecule has 2 atom stereocenters. The minimum absolute atomic E-state index is 0.266. The molecule has 0 amide bonds. The van der Waals surface area contributed by atoms with Gasteiger partial charge in [0.1, 0.15) is 0 Å². The minimum atomic E-state index is 0.266. The zero-order valence-corrected chi connectivity index (χ0v) is 6.25. The summed E-state index contributed by atoms with van der Waals surface area (Å²) in [6.07, 6.45) is 2.42. The average Bonchev–Trinajstić information content (AvgIpc) is 2.05. The summed E-state index contributed by atoms with van der Waals surface area (Å²) in [6.45, 7) is 2.25. The standard InChI is InChI=1S/C7H16N2O/c8-4-6-1-2-10-7(3-6)5-9/h6-7H,1-5,8-9H2. The lowest BCUT2D eigenvalue weighted by molar-refractivity contribution is -0.00102. The van der Waals surface area contributed by atoms with E-state index in [4.69, 9.17) is 16.2 Å². The van der Waals surface area contributed by atoms with Crippen molar-refractivity contribution in [1.82, 2.24) is 0 Å². The van der Waals surface area contributed by atoms with Gasteiger partial charge in [-0.2, -0.15) is 0 Å². The molecule has 4 N–H and O–H groups in total. The number of rotatable bonds is 2. The van der Waals surface area contributed by atoms with E-state index in [1.165, 1.54) is 0 Å². The van der Waals surface area contributed by atoms with Gasteiger partial charge in [0.25, 0.3) is 0 Å². The van der Waals surface area contributed by atoms with Crippen LogP contribution in [0.3, 0.4) is 0 Å². The fourth-order valence-corrected chi connectivity index (χ4v) is 1.34. The van der Waals surface area contributed by atoms with Crippen molar-refractivity contribution in [2.75, 3.05) is 19.7 Å². The van der Waals surface area contributed by atoms with Crippen LogP contribution in [-0.2, 0) is 4.74 Å². The van der Waals surface area contributed by atoms with E-state index in [1.807, 2.05) is 0 Å². The lowest BCUT2D eigenvalue weighted by atomic mass is 9.96. The van der Waals surface area contributed by atoms with Gasteiger partial charge in [0.15, 0.2) is 0 Å². The molecule has 3 nitrogen and oxygen atoms in total. The van der Waals surface area contributed by atoms with Crippen molar-refractivity contribution in [2.45, 2.75) is 18.9 Å². The van der Waals surface area contributed by atoms with Crippen LogP contribution in [0.4, 0.5) is 0 Å². The van der Waals surface area contributed by atoms with Crippen molar-refractivity contribution in [1.29, 1.82) is 0 Å². The molecule has 2 unspecified atom stereocenters. The Balaban J connectivity index is 2.25. The molecular weight excluding hydrogens is 128 g/mol. The molecule has 1 aliphatic heterocycles. The van der Waals surface area contributed by atoms with Gasteiger partial charge >= 0.3 is 0 Å². The highest BCUT2D eigenvalue weighted by Crippen LogP contribution is 2.17. The van der Waals surface area contributed by atoms with Crippen molar-refractivity contribution >= 4 is 0 Å². The normalized spacial score (nSPS) is 34.2. The van der Waals surface area contributed by atoms with Gasteiger partial charge in [-0.3, -0.25) is 0 Å². The van der Waals surface area contributed by atoms with Crippen LogP contribution in [0.25, 0.3) is 0 Å². The van der Waals surface area contributed by atoms with Crippen molar-refractivity contribution < 1.29 is 4.74 Å². The monoisotopic (exact) mass is 144 g/mol. The Morgan fingerprint density at radius 3 is 2.70 bits per heavy atom. The molecule has 0 radical (unpaired) electrons. The lowest BCUT2D eigenvalue weighted by Crippen LogP contribution is -2.34. The predicted molar refractivity (Wildman–Crippen MR) is 40.6 cm³/mol. The van der Waals surface area contributed by atoms with E-state index in [0.717, 1.165) is 26.0 Å². The maximum Gasteiger partial charge on any atom is 0.0700 e. The average molecular weight is 144 g/mol. The SMILES string of the molecule is NCC1CCOC(CN)C1. The topological polar surface area (TPSA) is 61.3 Å². The molecule has 0 bridgehead atoms. The first-order valence-electron chi connectivity index (χ1n) is 3.88. The summed E-state index contributed by atoms with van der Waals surface area (Å²) in [4.78, 5) is 0. The van der Waals surface area contributed by atoms with Crippen molar-refractivity contribution in [3.8, 4) is 0 Å². The summed E-state index contributed by atoms with van der Waals surface area (Å²) in [5, 5.41) is 0. The van der Waals surface area contributed by atoms with Gasteiger partial charge in [0.2, 0.25) is 0 Å². The Hall–Kier alpha value is -0.120. The Bertz CT molecular complexity index is 87.6. The van der Waals surface area contributed by atoms with Crippen LogP contribution < -0.4 is 11.5 Å². The summed E-state index contributed by atoms with van der Waals surface area (Å²) in [5.41, 5.74) is 11.0. The quantitative estimate of drug-likeness (QED) is 0.559.